The lowest BCUT2D eigenvalue weighted by atomic mass is 10.0. The van der Waals surface area contributed by atoms with E-state index in [-0.39, 0.29) is 0 Å². The molecule has 1 atom stereocenters. The van der Waals surface area contributed by atoms with Gasteiger partial charge in [0.25, 0.3) is 0 Å². The summed E-state index contributed by atoms with van der Waals surface area (Å²) in [7, 11) is 0. The van der Waals surface area contributed by atoms with Crippen LogP contribution in [0.4, 0.5) is 8.78 Å². The third kappa shape index (κ3) is 2.31. The van der Waals surface area contributed by atoms with Crippen LogP contribution >= 0.6 is 11.3 Å². The smallest absolute Gasteiger partial charge is 0.131 e. The summed E-state index contributed by atoms with van der Waals surface area (Å²) >= 11 is 1.53. The van der Waals surface area contributed by atoms with E-state index in [0.29, 0.717) is 5.56 Å². The Bertz CT molecular complexity index is 721. The monoisotopic (exact) mass is 290 g/mol. The highest BCUT2D eigenvalue weighted by atomic mass is 32.1. The van der Waals surface area contributed by atoms with Gasteiger partial charge in [-0.05, 0) is 23.6 Å². The van der Waals surface area contributed by atoms with E-state index in [4.69, 9.17) is 5.84 Å². The fourth-order valence-corrected chi connectivity index (χ4v) is 3.35. The maximum absolute atomic E-state index is 13.9. The van der Waals surface area contributed by atoms with Crippen LogP contribution in [-0.2, 0) is 0 Å². The van der Waals surface area contributed by atoms with Crippen molar-refractivity contribution < 1.29 is 8.78 Å². The zero-order valence-corrected chi connectivity index (χ0v) is 11.3. The maximum Gasteiger partial charge on any atom is 0.131 e. The van der Waals surface area contributed by atoms with Gasteiger partial charge in [-0.3, -0.25) is 5.84 Å². The summed E-state index contributed by atoms with van der Waals surface area (Å²) in [5.74, 6) is 4.36. The van der Waals surface area contributed by atoms with Crippen molar-refractivity contribution in [2.75, 3.05) is 0 Å². The molecule has 0 fully saturated rings. The van der Waals surface area contributed by atoms with Gasteiger partial charge in [-0.25, -0.2) is 14.2 Å². The van der Waals surface area contributed by atoms with E-state index in [1.54, 1.807) is 0 Å². The Hall–Kier alpha value is -1.82. The third-order valence-corrected chi connectivity index (χ3v) is 4.35. The Morgan fingerprint density at radius 1 is 1.05 bits per heavy atom. The zero-order valence-electron chi connectivity index (χ0n) is 10.4. The van der Waals surface area contributed by atoms with Crippen molar-refractivity contribution in [3.8, 4) is 0 Å². The van der Waals surface area contributed by atoms with Crippen molar-refractivity contribution in [3.63, 3.8) is 0 Å². The van der Waals surface area contributed by atoms with Crippen molar-refractivity contribution in [1.29, 1.82) is 0 Å². The van der Waals surface area contributed by atoms with E-state index >= 15 is 0 Å². The number of hydrogen-bond donors (Lipinski definition) is 2. The summed E-state index contributed by atoms with van der Waals surface area (Å²) in [4.78, 5) is 0.888. The lowest BCUT2D eigenvalue weighted by Crippen LogP contribution is -2.28. The number of hydrogen-bond acceptors (Lipinski definition) is 3. The molecule has 102 valence electrons. The van der Waals surface area contributed by atoms with Crippen LogP contribution in [0.15, 0.2) is 48.5 Å². The molecule has 0 aliphatic carbocycles. The van der Waals surface area contributed by atoms with Gasteiger partial charge in [0.05, 0.1) is 6.04 Å². The van der Waals surface area contributed by atoms with Crippen molar-refractivity contribution >= 4 is 21.4 Å². The molecule has 0 spiro atoms. The first-order valence-electron chi connectivity index (χ1n) is 6.08. The summed E-state index contributed by atoms with van der Waals surface area (Å²) < 4.78 is 28.0. The molecule has 2 nitrogen and oxygen atoms in total. The number of fused-ring (bicyclic) bond motifs is 1. The van der Waals surface area contributed by atoms with Crippen LogP contribution in [-0.4, -0.2) is 0 Å². The summed E-state index contributed by atoms with van der Waals surface area (Å²) in [5, 5.41) is 1.08. The van der Waals surface area contributed by atoms with Gasteiger partial charge in [-0.15, -0.1) is 11.3 Å². The van der Waals surface area contributed by atoms with Crippen LogP contribution < -0.4 is 11.3 Å². The van der Waals surface area contributed by atoms with E-state index in [1.165, 1.54) is 23.5 Å². The molecule has 3 aromatic rings. The number of hydrazine groups is 1. The van der Waals surface area contributed by atoms with Crippen molar-refractivity contribution in [1.82, 2.24) is 5.43 Å². The van der Waals surface area contributed by atoms with Crippen LogP contribution in [0.5, 0.6) is 0 Å². The molecule has 1 unspecified atom stereocenters. The minimum Gasteiger partial charge on any atom is -0.271 e. The summed E-state index contributed by atoms with van der Waals surface area (Å²) in [6.07, 6.45) is 0. The van der Waals surface area contributed by atoms with Gasteiger partial charge in [0, 0.05) is 21.2 Å². The molecular weight excluding hydrogens is 278 g/mol. The highest BCUT2D eigenvalue weighted by molar-refractivity contribution is 7.19. The van der Waals surface area contributed by atoms with Gasteiger partial charge in [0.15, 0.2) is 0 Å². The van der Waals surface area contributed by atoms with E-state index in [0.717, 1.165) is 21.0 Å². The molecule has 20 heavy (non-hydrogen) atoms. The zero-order chi connectivity index (χ0) is 14.1. The molecule has 0 aliphatic heterocycles. The Morgan fingerprint density at radius 3 is 2.55 bits per heavy atom. The average molecular weight is 290 g/mol. The molecule has 0 bridgehead atoms. The molecule has 0 saturated heterocycles. The van der Waals surface area contributed by atoms with Crippen molar-refractivity contribution in [2.45, 2.75) is 6.04 Å². The fourth-order valence-electron chi connectivity index (χ4n) is 2.21. The molecule has 2 aromatic carbocycles. The second kappa shape index (κ2) is 5.28. The molecule has 3 rings (SSSR count). The molecule has 1 heterocycles. The Labute approximate surface area is 118 Å². The minimum atomic E-state index is -0.606. The molecule has 3 N–H and O–H groups in total. The van der Waals surface area contributed by atoms with Gasteiger partial charge >= 0.3 is 0 Å². The second-order valence-corrected chi connectivity index (χ2v) is 5.57. The van der Waals surface area contributed by atoms with E-state index < -0.39 is 17.7 Å². The number of rotatable bonds is 3. The Balaban J connectivity index is 2.08. The predicted molar refractivity (Wildman–Crippen MR) is 77.3 cm³/mol. The second-order valence-electron chi connectivity index (χ2n) is 4.45. The Kier molecular flexibility index (Phi) is 3.48. The molecule has 5 heteroatoms. The molecule has 0 radical (unpaired) electrons. The van der Waals surface area contributed by atoms with Gasteiger partial charge < -0.3 is 0 Å². The number of nitrogens with two attached hydrogens (primary N) is 1. The highest BCUT2D eigenvalue weighted by Crippen LogP contribution is 2.33. The van der Waals surface area contributed by atoms with Crippen LogP contribution in [0.25, 0.3) is 10.1 Å². The molecule has 1 aromatic heterocycles. The summed E-state index contributed by atoms with van der Waals surface area (Å²) in [6, 6.07) is 12.9. The van der Waals surface area contributed by atoms with E-state index in [9.17, 15) is 8.78 Å². The Morgan fingerprint density at radius 2 is 1.85 bits per heavy atom. The maximum atomic E-state index is 13.9. The van der Waals surface area contributed by atoms with E-state index in [1.807, 2.05) is 30.3 Å². The first-order valence-corrected chi connectivity index (χ1v) is 6.90. The first kappa shape index (κ1) is 13.2. The highest BCUT2D eigenvalue weighted by Gasteiger charge is 2.19. The lowest BCUT2D eigenvalue weighted by molar-refractivity contribution is 0.544. The molecule has 0 saturated carbocycles. The van der Waals surface area contributed by atoms with Crippen LogP contribution in [0.1, 0.15) is 16.5 Å². The standard InChI is InChI=1S/C15H12F2N2S/c16-10-5-6-11(12(17)8-10)15(19-18)14-7-9-3-1-2-4-13(9)20-14/h1-8,15,19H,18H2. The van der Waals surface area contributed by atoms with Crippen LogP contribution in [0, 0.1) is 11.6 Å². The fraction of sp³-hybridized carbons (Fsp3) is 0.0667. The number of nitrogens with one attached hydrogen (secondary N) is 1. The molecule has 0 amide bonds. The van der Waals surface area contributed by atoms with Crippen LogP contribution in [0.3, 0.4) is 0 Å². The first-order chi connectivity index (χ1) is 9.69. The quantitative estimate of drug-likeness (QED) is 0.570. The third-order valence-electron chi connectivity index (χ3n) is 3.17. The summed E-state index contributed by atoms with van der Waals surface area (Å²) in [5.41, 5.74) is 2.94. The SMILES string of the molecule is NNC(c1cc2ccccc2s1)c1ccc(F)cc1F. The molecule has 0 aliphatic rings. The lowest BCUT2D eigenvalue weighted by Gasteiger charge is -2.15. The number of halogens is 2. The minimum absolute atomic E-state index is 0.334. The van der Waals surface area contributed by atoms with Crippen molar-refractivity contribution in [3.05, 3.63) is 70.6 Å². The van der Waals surface area contributed by atoms with Gasteiger partial charge in [0.1, 0.15) is 11.6 Å². The van der Waals surface area contributed by atoms with E-state index in [2.05, 4.69) is 5.43 Å². The van der Waals surface area contributed by atoms with Gasteiger partial charge in [-0.2, -0.15) is 0 Å². The van der Waals surface area contributed by atoms with Crippen LogP contribution in [0.2, 0.25) is 0 Å². The normalized spacial score (nSPS) is 12.8. The van der Waals surface area contributed by atoms with Gasteiger partial charge in [-0.1, -0.05) is 24.3 Å². The predicted octanol–water partition coefficient (Wildman–Crippen LogP) is 3.73. The topological polar surface area (TPSA) is 38.0 Å². The largest absolute Gasteiger partial charge is 0.271 e. The number of benzene rings is 2. The number of thiophene rings is 1. The summed E-state index contributed by atoms with van der Waals surface area (Å²) in [6.45, 7) is 0. The van der Waals surface area contributed by atoms with Gasteiger partial charge in [0.2, 0.25) is 0 Å². The average Bonchev–Trinajstić information content (AvgIpc) is 2.85. The molecular formula is C15H12F2N2S. The van der Waals surface area contributed by atoms with Crippen molar-refractivity contribution in [2.24, 2.45) is 5.84 Å².